The standard InChI is InChI=1S/C30H32F3NO3/c31-30(32,33)27-18-16-25(17-19-27)24-12-8-22(9-13-24)6-4-2-1-3-5-7-23-10-14-26(15-11-23)29(37)34-21-20-28(35)36/h8-19H,1-7,20-21H2,(H,34,37)(H,35,36). The van der Waals surface area contributed by atoms with Crippen LogP contribution in [0.25, 0.3) is 11.1 Å². The van der Waals surface area contributed by atoms with Crippen molar-refractivity contribution in [2.24, 2.45) is 0 Å². The number of benzene rings is 3. The second-order valence-corrected chi connectivity index (χ2v) is 9.14. The first-order valence-corrected chi connectivity index (χ1v) is 12.6. The summed E-state index contributed by atoms with van der Waals surface area (Å²) in [5, 5.41) is 11.2. The summed E-state index contributed by atoms with van der Waals surface area (Å²) in [6.45, 7) is 0.115. The van der Waals surface area contributed by atoms with Gasteiger partial charge in [0.15, 0.2) is 0 Å². The minimum absolute atomic E-state index is 0.0953. The van der Waals surface area contributed by atoms with Gasteiger partial charge >= 0.3 is 12.1 Å². The molecular weight excluding hydrogens is 479 g/mol. The van der Waals surface area contributed by atoms with Crippen LogP contribution < -0.4 is 5.32 Å². The first-order valence-electron chi connectivity index (χ1n) is 12.6. The summed E-state index contributed by atoms with van der Waals surface area (Å²) in [6, 6.07) is 20.7. The number of alkyl halides is 3. The van der Waals surface area contributed by atoms with Crippen molar-refractivity contribution in [3.8, 4) is 11.1 Å². The number of carboxylic acids is 1. The van der Waals surface area contributed by atoms with E-state index in [2.05, 4.69) is 5.32 Å². The number of carbonyl (C=O) groups is 2. The number of carbonyl (C=O) groups excluding carboxylic acids is 1. The lowest BCUT2D eigenvalue weighted by molar-refractivity contribution is -0.138. The van der Waals surface area contributed by atoms with Gasteiger partial charge in [-0.1, -0.05) is 67.8 Å². The molecule has 0 aliphatic heterocycles. The highest BCUT2D eigenvalue weighted by Crippen LogP contribution is 2.31. The molecule has 196 valence electrons. The Morgan fingerprint density at radius 2 is 1.14 bits per heavy atom. The molecule has 1 amide bonds. The van der Waals surface area contributed by atoms with E-state index in [1.165, 1.54) is 23.3 Å². The molecule has 0 fully saturated rings. The quantitative estimate of drug-likeness (QED) is 0.236. The lowest BCUT2D eigenvalue weighted by atomic mass is 9.99. The number of amides is 1. The van der Waals surface area contributed by atoms with Crippen molar-refractivity contribution in [1.29, 1.82) is 0 Å². The molecule has 0 spiro atoms. The van der Waals surface area contributed by atoms with Gasteiger partial charge in [-0.15, -0.1) is 0 Å². The van der Waals surface area contributed by atoms with Gasteiger partial charge in [0, 0.05) is 12.1 Å². The molecule has 0 aliphatic rings. The molecule has 7 heteroatoms. The Labute approximate surface area is 215 Å². The van der Waals surface area contributed by atoms with E-state index in [-0.39, 0.29) is 18.9 Å². The third kappa shape index (κ3) is 9.41. The highest BCUT2D eigenvalue weighted by Gasteiger charge is 2.29. The Bertz CT molecular complexity index is 1140. The number of hydrogen-bond donors (Lipinski definition) is 2. The van der Waals surface area contributed by atoms with Crippen LogP contribution in [0.15, 0.2) is 72.8 Å². The lowest BCUT2D eigenvalue weighted by Crippen LogP contribution is -2.25. The number of aryl methyl sites for hydroxylation is 2. The molecule has 0 bridgehead atoms. The average Bonchev–Trinajstić information content (AvgIpc) is 2.88. The molecule has 0 heterocycles. The third-order valence-electron chi connectivity index (χ3n) is 6.27. The molecule has 0 unspecified atom stereocenters. The molecule has 0 saturated heterocycles. The SMILES string of the molecule is O=C(O)CCNC(=O)c1ccc(CCCCCCCc2ccc(-c3ccc(C(F)(F)F)cc3)cc2)cc1. The predicted octanol–water partition coefficient (Wildman–Crippen LogP) is 7.31. The Morgan fingerprint density at radius 1 is 0.676 bits per heavy atom. The number of nitrogens with one attached hydrogen (secondary N) is 1. The van der Waals surface area contributed by atoms with E-state index < -0.39 is 17.7 Å². The number of carboxylic acid groups (broad SMARTS) is 1. The summed E-state index contributed by atoms with van der Waals surface area (Å²) >= 11 is 0. The van der Waals surface area contributed by atoms with Crippen LogP contribution >= 0.6 is 0 Å². The van der Waals surface area contributed by atoms with Crippen LogP contribution in [-0.4, -0.2) is 23.5 Å². The van der Waals surface area contributed by atoms with Gasteiger partial charge in [0.25, 0.3) is 5.91 Å². The molecule has 0 radical (unpaired) electrons. The summed E-state index contributed by atoms with van der Waals surface area (Å²) in [5.74, 6) is -1.20. The van der Waals surface area contributed by atoms with E-state index in [4.69, 9.17) is 5.11 Å². The van der Waals surface area contributed by atoms with E-state index >= 15 is 0 Å². The fraction of sp³-hybridized carbons (Fsp3) is 0.333. The zero-order valence-corrected chi connectivity index (χ0v) is 20.7. The Morgan fingerprint density at radius 3 is 1.62 bits per heavy atom. The van der Waals surface area contributed by atoms with Crippen LogP contribution in [-0.2, 0) is 23.8 Å². The van der Waals surface area contributed by atoms with E-state index in [0.29, 0.717) is 5.56 Å². The van der Waals surface area contributed by atoms with Crippen molar-refractivity contribution in [3.63, 3.8) is 0 Å². The van der Waals surface area contributed by atoms with Crippen LogP contribution in [0, 0.1) is 0 Å². The van der Waals surface area contributed by atoms with E-state index in [0.717, 1.165) is 68.2 Å². The van der Waals surface area contributed by atoms with Gasteiger partial charge in [0.2, 0.25) is 0 Å². The number of unbranched alkanes of at least 4 members (excludes halogenated alkanes) is 4. The van der Waals surface area contributed by atoms with Crippen LogP contribution in [0.1, 0.15) is 65.6 Å². The van der Waals surface area contributed by atoms with Gasteiger partial charge in [-0.3, -0.25) is 9.59 Å². The molecule has 37 heavy (non-hydrogen) atoms. The molecule has 4 nitrogen and oxygen atoms in total. The largest absolute Gasteiger partial charge is 0.481 e. The summed E-state index contributed by atoms with van der Waals surface area (Å²) < 4.78 is 38.2. The fourth-order valence-electron chi connectivity index (χ4n) is 4.11. The second kappa shape index (κ2) is 13.6. The maximum absolute atomic E-state index is 12.7. The molecule has 3 aromatic rings. The topological polar surface area (TPSA) is 66.4 Å². The van der Waals surface area contributed by atoms with Gasteiger partial charge in [-0.2, -0.15) is 13.2 Å². The summed E-state index contributed by atoms with van der Waals surface area (Å²) in [4.78, 5) is 22.5. The smallest absolute Gasteiger partial charge is 0.416 e. The van der Waals surface area contributed by atoms with Gasteiger partial charge in [-0.05, 0) is 72.2 Å². The first kappa shape index (κ1) is 28.0. The Kier molecular flexibility index (Phi) is 10.3. The molecule has 0 aliphatic carbocycles. The maximum Gasteiger partial charge on any atom is 0.416 e. The number of rotatable bonds is 13. The number of hydrogen-bond acceptors (Lipinski definition) is 2. The fourth-order valence-corrected chi connectivity index (χ4v) is 4.11. The molecule has 3 aromatic carbocycles. The van der Waals surface area contributed by atoms with E-state index in [9.17, 15) is 22.8 Å². The Hall–Kier alpha value is -3.61. The van der Waals surface area contributed by atoms with Crippen molar-refractivity contribution < 1.29 is 27.9 Å². The highest BCUT2D eigenvalue weighted by atomic mass is 19.4. The predicted molar refractivity (Wildman–Crippen MR) is 138 cm³/mol. The zero-order chi connectivity index (χ0) is 26.7. The molecule has 3 rings (SSSR count). The van der Waals surface area contributed by atoms with Crippen molar-refractivity contribution in [2.75, 3.05) is 6.54 Å². The molecule has 0 saturated carbocycles. The van der Waals surface area contributed by atoms with E-state index in [1.54, 1.807) is 12.1 Å². The molecule has 0 aromatic heterocycles. The van der Waals surface area contributed by atoms with Crippen molar-refractivity contribution >= 4 is 11.9 Å². The zero-order valence-electron chi connectivity index (χ0n) is 20.7. The number of halogens is 3. The molecule has 2 N–H and O–H groups in total. The summed E-state index contributed by atoms with van der Waals surface area (Å²) in [6.07, 6.45) is 3.09. The van der Waals surface area contributed by atoms with Crippen LogP contribution in [0.3, 0.4) is 0 Å². The van der Waals surface area contributed by atoms with Gasteiger partial charge in [-0.25, -0.2) is 0 Å². The van der Waals surface area contributed by atoms with Crippen LogP contribution in [0.5, 0.6) is 0 Å². The Balaban J connectivity index is 1.30. The van der Waals surface area contributed by atoms with E-state index in [1.807, 2.05) is 36.4 Å². The monoisotopic (exact) mass is 511 g/mol. The number of aliphatic carboxylic acids is 1. The summed E-state index contributed by atoms with van der Waals surface area (Å²) in [5.41, 5.74) is 3.97. The molecule has 0 atom stereocenters. The molecular formula is C30H32F3NO3. The summed E-state index contributed by atoms with van der Waals surface area (Å²) in [7, 11) is 0. The first-order chi connectivity index (χ1) is 17.7. The van der Waals surface area contributed by atoms with Crippen LogP contribution in [0.4, 0.5) is 13.2 Å². The van der Waals surface area contributed by atoms with Gasteiger partial charge in [0.1, 0.15) is 0 Å². The highest BCUT2D eigenvalue weighted by molar-refractivity contribution is 5.94. The minimum Gasteiger partial charge on any atom is -0.481 e. The van der Waals surface area contributed by atoms with Gasteiger partial charge in [0.05, 0.1) is 12.0 Å². The van der Waals surface area contributed by atoms with Gasteiger partial charge < -0.3 is 10.4 Å². The van der Waals surface area contributed by atoms with Crippen LogP contribution in [0.2, 0.25) is 0 Å². The lowest BCUT2D eigenvalue weighted by Gasteiger charge is -2.08. The van der Waals surface area contributed by atoms with Crippen molar-refractivity contribution in [3.05, 3.63) is 95.1 Å². The minimum atomic E-state index is -4.32. The van der Waals surface area contributed by atoms with Crippen molar-refractivity contribution in [1.82, 2.24) is 5.32 Å². The third-order valence-corrected chi connectivity index (χ3v) is 6.27. The average molecular weight is 512 g/mol. The normalized spacial score (nSPS) is 11.3. The second-order valence-electron chi connectivity index (χ2n) is 9.14. The maximum atomic E-state index is 12.7. The van der Waals surface area contributed by atoms with Crippen molar-refractivity contribution in [2.45, 2.75) is 57.5 Å².